The summed E-state index contributed by atoms with van der Waals surface area (Å²) >= 11 is 0. The first-order chi connectivity index (χ1) is 9.56. The summed E-state index contributed by atoms with van der Waals surface area (Å²) in [5.74, 6) is -0.898. The monoisotopic (exact) mass is 278 g/mol. The number of rotatable bonds is 5. The highest BCUT2D eigenvalue weighted by Crippen LogP contribution is 2.18. The van der Waals surface area contributed by atoms with Crippen LogP contribution in [-0.4, -0.2) is 40.5 Å². The van der Waals surface area contributed by atoms with E-state index in [-0.39, 0.29) is 11.6 Å². The largest absolute Gasteiger partial charge is 0.481 e. The fraction of sp³-hybridized carbons (Fsp3) is 0.500. The predicted octanol–water partition coefficient (Wildman–Crippen LogP) is 1.93. The van der Waals surface area contributed by atoms with Gasteiger partial charge in [0.2, 0.25) is 0 Å². The summed E-state index contributed by atoms with van der Waals surface area (Å²) in [7, 11) is 0. The standard InChI is InChI=1S/C14H18N2O4/c17-14(18)12-6-9-15(10-7-12)8-5-11-1-3-13(4-2-11)16(19)20/h1-4,12H,5-10H2,(H,17,18). The van der Waals surface area contributed by atoms with Gasteiger partial charge in [0.25, 0.3) is 5.69 Å². The van der Waals surface area contributed by atoms with Gasteiger partial charge in [0.1, 0.15) is 0 Å². The molecule has 20 heavy (non-hydrogen) atoms. The van der Waals surface area contributed by atoms with Crippen molar-refractivity contribution in [3.63, 3.8) is 0 Å². The van der Waals surface area contributed by atoms with Crippen molar-refractivity contribution in [1.82, 2.24) is 4.90 Å². The second kappa shape index (κ2) is 6.47. The second-order valence-corrected chi connectivity index (χ2v) is 5.13. The molecule has 0 aliphatic carbocycles. The van der Waals surface area contributed by atoms with Gasteiger partial charge in [-0.1, -0.05) is 12.1 Å². The van der Waals surface area contributed by atoms with Crippen molar-refractivity contribution in [2.24, 2.45) is 5.92 Å². The van der Waals surface area contributed by atoms with Crippen molar-refractivity contribution in [1.29, 1.82) is 0 Å². The van der Waals surface area contributed by atoms with Crippen molar-refractivity contribution in [3.05, 3.63) is 39.9 Å². The first-order valence-corrected chi connectivity index (χ1v) is 6.75. The summed E-state index contributed by atoms with van der Waals surface area (Å²) in [6.45, 7) is 2.48. The van der Waals surface area contributed by atoms with Gasteiger partial charge in [0.15, 0.2) is 0 Å². The fourth-order valence-corrected chi connectivity index (χ4v) is 2.48. The van der Waals surface area contributed by atoms with Crippen molar-refractivity contribution in [3.8, 4) is 0 Å². The van der Waals surface area contributed by atoms with E-state index in [9.17, 15) is 14.9 Å². The SMILES string of the molecule is O=C(O)C1CCN(CCc2ccc([N+](=O)[O-])cc2)CC1. The Morgan fingerprint density at radius 2 is 1.90 bits per heavy atom. The van der Waals surface area contributed by atoms with Gasteiger partial charge in [-0.05, 0) is 37.9 Å². The van der Waals surface area contributed by atoms with Crippen molar-refractivity contribution < 1.29 is 14.8 Å². The Labute approximate surface area is 117 Å². The minimum atomic E-state index is -0.694. The Balaban J connectivity index is 1.78. The smallest absolute Gasteiger partial charge is 0.306 e. The third-order valence-electron chi connectivity index (χ3n) is 3.80. The first-order valence-electron chi connectivity index (χ1n) is 6.75. The van der Waals surface area contributed by atoms with Gasteiger partial charge in [-0.25, -0.2) is 0 Å². The van der Waals surface area contributed by atoms with E-state index in [1.807, 2.05) is 0 Å². The van der Waals surface area contributed by atoms with Gasteiger partial charge in [0, 0.05) is 18.7 Å². The molecule has 0 aromatic heterocycles. The minimum absolute atomic E-state index is 0.107. The van der Waals surface area contributed by atoms with Gasteiger partial charge < -0.3 is 10.0 Å². The van der Waals surface area contributed by atoms with E-state index in [1.54, 1.807) is 12.1 Å². The number of nitro groups is 1. The number of aliphatic carboxylic acids is 1. The molecule has 1 N–H and O–H groups in total. The third kappa shape index (κ3) is 3.77. The number of carboxylic acids is 1. The number of likely N-dealkylation sites (tertiary alicyclic amines) is 1. The highest BCUT2D eigenvalue weighted by Gasteiger charge is 2.23. The molecule has 1 aliphatic heterocycles. The Hall–Kier alpha value is -1.95. The molecular formula is C14H18N2O4. The number of benzene rings is 1. The third-order valence-corrected chi connectivity index (χ3v) is 3.80. The van der Waals surface area contributed by atoms with Crippen molar-refractivity contribution in [2.45, 2.75) is 19.3 Å². The molecule has 108 valence electrons. The van der Waals surface area contributed by atoms with E-state index in [4.69, 9.17) is 5.11 Å². The highest BCUT2D eigenvalue weighted by molar-refractivity contribution is 5.70. The fourth-order valence-electron chi connectivity index (χ4n) is 2.48. The Kier molecular flexibility index (Phi) is 4.68. The molecule has 1 aliphatic rings. The van der Waals surface area contributed by atoms with Crippen LogP contribution in [0.4, 0.5) is 5.69 Å². The lowest BCUT2D eigenvalue weighted by Crippen LogP contribution is -2.37. The number of nitro benzene ring substituents is 1. The predicted molar refractivity (Wildman–Crippen MR) is 73.6 cm³/mol. The number of carbonyl (C=O) groups is 1. The van der Waals surface area contributed by atoms with E-state index in [0.717, 1.165) is 31.6 Å². The first kappa shape index (κ1) is 14.5. The quantitative estimate of drug-likeness (QED) is 0.657. The van der Waals surface area contributed by atoms with Crippen LogP contribution in [0.5, 0.6) is 0 Å². The summed E-state index contributed by atoms with van der Waals surface area (Å²) in [5, 5.41) is 19.5. The number of hydrogen-bond donors (Lipinski definition) is 1. The summed E-state index contributed by atoms with van der Waals surface area (Å²) in [4.78, 5) is 23.3. The lowest BCUT2D eigenvalue weighted by atomic mass is 9.97. The zero-order valence-corrected chi connectivity index (χ0v) is 11.2. The molecule has 6 heteroatoms. The molecule has 1 fully saturated rings. The summed E-state index contributed by atoms with van der Waals surface area (Å²) in [6.07, 6.45) is 2.24. The molecule has 1 aromatic carbocycles. The molecule has 2 rings (SSSR count). The van der Waals surface area contributed by atoms with Crippen molar-refractivity contribution in [2.75, 3.05) is 19.6 Å². The zero-order valence-electron chi connectivity index (χ0n) is 11.2. The topological polar surface area (TPSA) is 83.7 Å². The maximum absolute atomic E-state index is 10.9. The Morgan fingerprint density at radius 1 is 1.30 bits per heavy atom. The molecule has 0 spiro atoms. The highest BCUT2D eigenvalue weighted by atomic mass is 16.6. The number of non-ortho nitro benzene ring substituents is 1. The molecule has 0 bridgehead atoms. The lowest BCUT2D eigenvalue weighted by Gasteiger charge is -2.29. The molecule has 1 saturated heterocycles. The normalized spacial score (nSPS) is 17.0. The molecule has 1 heterocycles. The van der Waals surface area contributed by atoms with Gasteiger partial charge in [-0.15, -0.1) is 0 Å². The molecule has 1 aromatic rings. The van der Waals surface area contributed by atoms with E-state index in [1.165, 1.54) is 12.1 Å². The summed E-state index contributed by atoms with van der Waals surface area (Å²) in [6, 6.07) is 6.60. The average Bonchev–Trinajstić information content (AvgIpc) is 2.46. The van der Waals surface area contributed by atoms with Crippen LogP contribution in [0.25, 0.3) is 0 Å². The van der Waals surface area contributed by atoms with Crippen LogP contribution in [0.2, 0.25) is 0 Å². The van der Waals surface area contributed by atoms with Gasteiger partial charge >= 0.3 is 5.97 Å². The molecule has 0 amide bonds. The van der Waals surface area contributed by atoms with Gasteiger partial charge in [-0.2, -0.15) is 0 Å². The van der Waals surface area contributed by atoms with E-state index in [0.29, 0.717) is 12.8 Å². The van der Waals surface area contributed by atoms with Crippen LogP contribution in [-0.2, 0) is 11.2 Å². The maximum atomic E-state index is 10.9. The Morgan fingerprint density at radius 3 is 2.40 bits per heavy atom. The van der Waals surface area contributed by atoms with Crippen molar-refractivity contribution >= 4 is 11.7 Å². The van der Waals surface area contributed by atoms with E-state index in [2.05, 4.69) is 4.90 Å². The van der Waals surface area contributed by atoms with Gasteiger partial charge in [-0.3, -0.25) is 14.9 Å². The van der Waals surface area contributed by atoms with E-state index >= 15 is 0 Å². The van der Waals surface area contributed by atoms with Crippen LogP contribution in [0.1, 0.15) is 18.4 Å². The molecular weight excluding hydrogens is 260 g/mol. The second-order valence-electron chi connectivity index (χ2n) is 5.13. The zero-order chi connectivity index (χ0) is 14.5. The molecule has 0 unspecified atom stereocenters. The molecule has 6 nitrogen and oxygen atoms in total. The van der Waals surface area contributed by atoms with Crippen LogP contribution < -0.4 is 0 Å². The van der Waals surface area contributed by atoms with E-state index < -0.39 is 10.9 Å². The minimum Gasteiger partial charge on any atom is -0.481 e. The lowest BCUT2D eigenvalue weighted by molar-refractivity contribution is -0.384. The Bertz CT molecular complexity index is 478. The number of piperidine rings is 1. The number of hydrogen-bond acceptors (Lipinski definition) is 4. The van der Waals surface area contributed by atoms with Crippen LogP contribution >= 0.6 is 0 Å². The van der Waals surface area contributed by atoms with Gasteiger partial charge in [0.05, 0.1) is 10.8 Å². The summed E-state index contributed by atoms with van der Waals surface area (Å²) in [5.41, 5.74) is 1.17. The summed E-state index contributed by atoms with van der Waals surface area (Å²) < 4.78 is 0. The number of carboxylic acid groups (broad SMARTS) is 1. The molecule has 0 saturated carbocycles. The van der Waals surface area contributed by atoms with Crippen LogP contribution in [0, 0.1) is 16.0 Å². The molecule has 0 radical (unpaired) electrons. The average molecular weight is 278 g/mol. The van der Waals surface area contributed by atoms with Crippen LogP contribution in [0.3, 0.4) is 0 Å². The van der Waals surface area contributed by atoms with Crippen LogP contribution in [0.15, 0.2) is 24.3 Å². The maximum Gasteiger partial charge on any atom is 0.306 e. The number of nitrogens with zero attached hydrogens (tertiary/aromatic N) is 2. The molecule has 0 atom stereocenters.